The molecule has 2 rings (SSSR count). The zero-order valence-corrected chi connectivity index (χ0v) is 11.7. The van der Waals surface area contributed by atoms with Gasteiger partial charge in [-0.05, 0) is 31.2 Å². The minimum Gasteiger partial charge on any atom is -0.504 e. The lowest BCUT2D eigenvalue weighted by molar-refractivity contribution is 0.317. The maximum atomic E-state index is 13.0. The summed E-state index contributed by atoms with van der Waals surface area (Å²) in [5.74, 6) is 0.0948. The van der Waals surface area contributed by atoms with Gasteiger partial charge in [-0.25, -0.2) is 4.39 Å². The zero-order chi connectivity index (χ0) is 14.5. The summed E-state index contributed by atoms with van der Waals surface area (Å²) in [6.45, 7) is 2.72. The third-order valence-corrected chi connectivity index (χ3v) is 3.07. The molecule has 2 N–H and O–H groups in total. The molecule has 0 unspecified atom stereocenters. The summed E-state index contributed by atoms with van der Waals surface area (Å²) in [4.78, 5) is 0. The molecule has 2 aromatic carbocycles. The highest BCUT2D eigenvalue weighted by molar-refractivity contribution is 6.31. The van der Waals surface area contributed by atoms with Crippen LogP contribution in [0.4, 0.5) is 10.1 Å². The van der Waals surface area contributed by atoms with Crippen molar-refractivity contribution in [3.05, 3.63) is 52.8 Å². The van der Waals surface area contributed by atoms with E-state index in [4.69, 9.17) is 16.3 Å². The second-order valence-electron chi connectivity index (χ2n) is 4.18. The Labute approximate surface area is 122 Å². The number of hydrogen-bond acceptors (Lipinski definition) is 3. The molecule has 0 aliphatic rings. The van der Waals surface area contributed by atoms with E-state index in [-0.39, 0.29) is 10.8 Å². The van der Waals surface area contributed by atoms with Gasteiger partial charge >= 0.3 is 0 Å². The first-order valence-electron chi connectivity index (χ1n) is 6.24. The van der Waals surface area contributed by atoms with Crippen molar-refractivity contribution in [1.82, 2.24) is 0 Å². The summed E-state index contributed by atoms with van der Waals surface area (Å²) in [6, 6.07) is 9.68. The number of halogens is 2. The lowest BCUT2D eigenvalue weighted by Crippen LogP contribution is -2.01. The standard InChI is InChI=1S/C15H15ClFNO2/c1-2-20-14-5-3-4-10(15(14)19)9-18-11-6-7-13(17)12(16)8-11/h3-8,18-19H,2,9H2,1H3. The summed E-state index contributed by atoms with van der Waals surface area (Å²) in [5.41, 5.74) is 1.37. The maximum Gasteiger partial charge on any atom is 0.162 e. The van der Waals surface area contributed by atoms with Gasteiger partial charge in [0.2, 0.25) is 0 Å². The predicted octanol–water partition coefficient (Wildman–Crippen LogP) is 4.20. The highest BCUT2D eigenvalue weighted by atomic mass is 35.5. The number of phenolic OH excluding ortho intramolecular Hbond substituents is 1. The van der Waals surface area contributed by atoms with E-state index >= 15 is 0 Å². The first kappa shape index (κ1) is 14.5. The van der Waals surface area contributed by atoms with Crippen LogP contribution < -0.4 is 10.1 Å². The van der Waals surface area contributed by atoms with Crippen LogP contribution in [0.5, 0.6) is 11.5 Å². The zero-order valence-electron chi connectivity index (χ0n) is 11.0. The number of aromatic hydroxyl groups is 1. The van der Waals surface area contributed by atoms with Crippen molar-refractivity contribution in [2.75, 3.05) is 11.9 Å². The van der Waals surface area contributed by atoms with Gasteiger partial charge in [0.1, 0.15) is 5.82 Å². The smallest absolute Gasteiger partial charge is 0.162 e. The van der Waals surface area contributed by atoms with Crippen LogP contribution in [0.15, 0.2) is 36.4 Å². The summed E-state index contributed by atoms with van der Waals surface area (Å²) >= 11 is 5.71. The Bertz CT molecular complexity index is 604. The van der Waals surface area contributed by atoms with Crippen LogP contribution in [0.2, 0.25) is 5.02 Å². The van der Waals surface area contributed by atoms with Gasteiger partial charge in [-0.2, -0.15) is 0 Å². The molecule has 0 saturated carbocycles. The number of phenols is 1. The lowest BCUT2D eigenvalue weighted by Gasteiger charge is -2.12. The summed E-state index contributed by atoms with van der Waals surface area (Å²) in [7, 11) is 0. The van der Waals surface area contributed by atoms with Crippen LogP contribution in [-0.2, 0) is 6.54 Å². The molecule has 0 aliphatic heterocycles. The second-order valence-corrected chi connectivity index (χ2v) is 4.59. The Morgan fingerprint density at radius 1 is 1.30 bits per heavy atom. The topological polar surface area (TPSA) is 41.5 Å². The molecule has 2 aromatic rings. The first-order chi connectivity index (χ1) is 9.61. The summed E-state index contributed by atoms with van der Waals surface area (Å²) in [5, 5.41) is 13.2. The maximum absolute atomic E-state index is 13.0. The van der Waals surface area contributed by atoms with Crippen molar-refractivity contribution >= 4 is 17.3 Å². The first-order valence-corrected chi connectivity index (χ1v) is 6.62. The lowest BCUT2D eigenvalue weighted by atomic mass is 10.2. The van der Waals surface area contributed by atoms with Crippen molar-refractivity contribution < 1.29 is 14.2 Å². The molecular weight excluding hydrogens is 281 g/mol. The van der Waals surface area contributed by atoms with Crippen molar-refractivity contribution in [1.29, 1.82) is 0 Å². The minimum absolute atomic E-state index is 0.0577. The van der Waals surface area contributed by atoms with Crippen LogP contribution >= 0.6 is 11.6 Å². The molecule has 3 nitrogen and oxygen atoms in total. The predicted molar refractivity (Wildman–Crippen MR) is 78.0 cm³/mol. The normalized spacial score (nSPS) is 10.3. The van der Waals surface area contributed by atoms with E-state index in [0.717, 1.165) is 0 Å². The van der Waals surface area contributed by atoms with Crippen LogP contribution in [0, 0.1) is 5.82 Å². The van der Waals surface area contributed by atoms with Gasteiger partial charge in [-0.3, -0.25) is 0 Å². The number of benzene rings is 2. The molecule has 0 amide bonds. The molecule has 0 aliphatic carbocycles. The van der Waals surface area contributed by atoms with Gasteiger partial charge in [-0.1, -0.05) is 23.7 Å². The fourth-order valence-electron chi connectivity index (χ4n) is 1.79. The highest BCUT2D eigenvalue weighted by Gasteiger charge is 2.08. The number of nitrogens with one attached hydrogen (secondary N) is 1. The molecule has 5 heteroatoms. The Hall–Kier alpha value is -1.94. The second kappa shape index (κ2) is 6.48. The van der Waals surface area contributed by atoms with Gasteiger partial charge < -0.3 is 15.2 Å². The van der Waals surface area contributed by atoms with E-state index in [1.807, 2.05) is 6.92 Å². The third kappa shape index (κ3) is 3.33. The Morgan fingerprint density at radius 3 is 2.80 bits per heavy atom. The van der Waals surface area contributed by atoms with E-state index in [9.17, 15) is 9.50 Å². The van der Waals surface area contributed by atoms with Gasteiger partial charge in [0, 0.05) is 17.8 Å². The molecule has 106 valence electrons. The van der Waals surface area contributed by atoms with E-state index < -0.39 is 5.82 Å². The molecule has 0 heterocycles. The van der Waals surface area contributed by atoms with Crippen molar-refractivity contribution in [2.24, 2.45) is 0 Å². The number of anilines is 1. The largest absolute Gasteiger partial charge is 0.504 e. The van der Waals surface area contributed by atoms with E-state index in [1.165, 1.54) is 12.1 Å². The van der Waals surface area contributed by atoms with E-state index in [2.05, 4.69) is 5.32 Å². The van der Waals surface area contributed by atoms with Gasteiger partial charge in [0.05, 0.1) is 11.6 Å². The van der Waals surface area contributed by atoms with E-state index in [0.29, 0.717) is 30.2 Å². The molecule has 20 heavy (non-hydrogen) atoms. The van der Waals surface area contributed by atoms with Crippen molar-refractivity contribution in [2.45, 2.75) is 13.5 Å². The van der Waals surface area contributed by atoms with E-state index in [1.54, 1.807) is 24.3 Å². The summed E-state index contributed by atoms with van der Waals surface area (Å²) < 4.78 is 18.4. The molecule has 0 radical (unpaired) electrons. The van der Waals surface area contributed by atoms with Crippen molar-refractivity contribution in [3.8, 4) is 11.5 Å². The Kier molecular flexibility index (Phi) is 4.69. The van der Waals surface area contributed by atoms with Crippen molar-refractivity contribution in [3.63, 3.8) is 0 Å². The van der Waals surface area contributed by atoms with Gasteiger partial charge in [0.25, 0.3) is 0 Å². The number of rotatable bonds is 5. The Morgan fingerprint density at radius 2 is 2.10 bits per heavy atom. The van der Waals surface area contributed by atoms with Crippen LogP contribution in [-0.4, -0.2) is 11.7 Å². The number of para-hydroxylation sites is 1. The average Bonchev–Trinajstić information content (AvgIpc) is 2.44. The highest BCUT2D eigenvalue weighted by Crippen LogP contribution is 2.30. The van der Waals surface area contributed by atoms with Crippen LogP contribution in [0.25, 0.3) is 0 Å². The molecule has 0 saturated heterocycles. The number of hydrogen-bond donors (Lipinski definition) is 2. The molecular formula is C15H15ClFNO2. The Balaban J connectivity index is 2.10. The van der Waals surface area contributed by atoms with Crippen LogP contribution in [0.3, 0.4) is 0 Å². The van der Waals surface area contributed by atoms with Crippen LogP contribution in [0.1, 0.15) is 12.5 Å². The monoisotopic (exact) mass is 295 g/mol. The fourth-order valence-corrected chi connectivity index (χ4v) is 1.97. The minimum atomic E-state index is -0.460. The quantitative estimate of drug-likeness (QED) is 0.869. The molecule has 0 bridgehead atoms. The molecule has 0 atom stereocenters. The fraction of sp³-hybridized carbons (Fsp3) is 0.200. The average molecular weight is 296 g/mol. The summed E-state index contributed by atoms with van der Waals surface area (Å²) in [6.07, 6.45) is 0. The molecule has 0 aromatic heterocycles. The SMILES string of the molecule is CCOc1cccc(CNc2ccc(F)c(Cl)c2)c1O. The number of ether oxygens (including phenoxy) is 1. The van der Waals surface area contributed by atoms with Gasteiger partial charge in [-0.15, -0.1) is 0 Å². The third-order valence-electron chi connectivity index (χ3n) is 2.78. The molecule has 0 fully saturated rings. The molecule has 0 spiro atoms. The van der Waals surface area contributed by atoms with Gasteiger partial charge in [0.15, 0.2) is 11.5 Å².